The fourth-order valence-corrected chi connectivity index (χ4v) is 1.94. The van der Waals surface area contributed by atoms with Crippen molar-refractivity contribution in [1.29, 1.82) is 0 Å². The molecule has 1 rings (SSSR count). The Kier molecular flexibility index (Phi) is 3.72. The molecule has 0 saturated carbocycles. The third kappa shape index (κ3) is 2.13. The molecule has 3 N–H and O–H groups in total. The number of benzene rings is 1. The Labute approximate surface area is 90.9 Å². The van der Waals surface area contributed by atoms with Crippen LogP contribution in [0.5, 0.6) is 5.75 Å². The van der Waals surface area contributed by atoms with Gasteiger partial charge in [-0.05, 0) is 49.1 Å². The normalized spacial score (nSPS) is 12.7. The Morgan fingerprint density at radius 2 is 1.93 bits per heavy atom. The summed E-state index contributed by atoms with van der Waals surface area (Å²) in [5.74, 6) is 0.874. The minimum absolute atomic E-state index is 0.0343. The topological polar surface area (TPSA) is 55.5 Å². The summed E-state index contributed by atoms with van der Waals surface area (Å²) in [4.78, 5) is 0. The fourth-order valence-electron chi connectivity index (χ4n) is 1.94. The van der Waals surface area contributed by atoms with Crippen molar-refractivity contribution in [3.8, 4) is 5.75 Å². The molecule has 0 heterocycles. The number of methoxy groups -OCH3 is 1. The summed E-state index contributed by atoms with van der Waals surface area (Å²) in [6.45, 7) is 5.96. The molecule has 0 spiro atoms. The second-order valence-electron chi connectivity index (χ2n) is 3.85. The summed E-state index contributed by atoms with van der Waals surface area (Å²) in [5.41, 5.74) is 10.1. The van der Waals surface area contributed by atoms with Crippen molar-refractivity contribution in [3.63, 3.8) is 0 Å². The monoisotopic (exact) mass is 209 g/mol. The molecule has 0 amide bonds. The van der Waals surface area contributed by atoms with Gasteiger partial charge in [0, 0.05) is 0 Å². The number of aliphatic hydroxyl groups is 1. The Morgan fingerprint density at radius 1 is 1.33 bits per heavy atom. The van der Waals surface area contributed by atoms with E-state index in [0.717, 1.165) is 28.0 Å². The molecule has 84 valence electrons. The summed E-state index contributed by atoms with van der Waals surface area (Å²) in [6, 6.07) is 1.65. The fraction of sp³-hybridized carbons (Fsp3) is 0.500. The molecule has 15 heavy (non-hydrogen) atoms. The van der Waals surface area contributed by atoms with Gasteiger partial charge in [0.05, 0.1) is 19.8 Å². The highest BCUT2D eigenvalue weighted by Crippen LogP contribution is 2.30. The number of ether oxygens (including phenoxy) is 1. The standard InChI is InChI=1S/C12H19NO2/c1-7-5-11(15-4)8(2)9(3)12(7)10(13)6-14/h5,10,14H,6,13H2,1-4H3/t10-/m1/s1. The number of hydrogen-bond acceptors (Lipinski definition) is 3. The van der Waals surface area contributed by atoms with E-state index in [1.54, 1.807) is 7.11 Å². The summed E-state index contributed by atoms with van der Waals surface area (Å²) < 4.78 is 5.27. The summed E-state index contributed by atoms with van der Waals surface area (Å²) in [5, 5.41) is 9.10. The van der Waals surface area contributed by atoms with E-state index in [-0.39, 0.29) is 12.6 Å². The maximum Gasteiger partial charge on any atom is 0.122 e. The van der Waals surface area contributed by atoms with Crippen molar-refractivity contribution < 1.29 is 9.84 Å². The Hall–Kier alpha value is -1.06. The first-order valence-corrected chi connectivity index (χ1v) is 5.04. The number of rotatable bonds is 3. The van der Waals surface area contributed by atoms with Crippen molar-refractivity contribution in [2.75, 3.05) is 13.7 Å². The Balaban J connectivity index is 3.35. The molecule has 0 aromatic heterocycles. The molecule has 0 fully saturated rings. The molecule has 0 bridgehead atoms. The van der Waals surface area contributed by atoms with Crippen LogP contribution in [0.2, 0.25) is 0 Å². The molecule has 1 aromatic rings. The first-order valence-electron chi connectivity index (χ1n) is 5.04. The smallest absolute Gasteiger partial charge is 0.122 e. The molecule has 0 saturated heterocycles. The van der Waals surface area contributed by atoms with Gasteiger partial charge in [0.1, 0.15) is 5.75 Å². The van der Waals surface area contributed by atoms with E-state index in [0.29, 0.717) is 0 Å². The van der Waals surface area contributed by atoms with E-state index >= 15 is 0 Å². The van der Waals surface area contributed by atoms with Gasteiger partial charge in [0.15, 0.2) is 0 Å². The lowest BCUT2D eigenvalue weighted by Crippen LogP contribution is -2.18. The van der Waals surface area contributed by atoms with Crippen LogP contribution in [-0.4, -0.2) is 18.8 Å². The molecular weight excluding hydrogens is 190 g/mol. The number of nitrogens with two attached hydrogens (primary N) is 1. The van der Waals surface area contributed by atoms with Crippen LogP contribution in [0.25, 0.3) is 0 Å². The predicted octanol–water partition coefficient (Wildman–Crippen LogP) is 1.61. The highest BCUT2D eigenvalue weighted by Gasteiger charge is 2.15. The van der Waals surface area contributed by atoms with Gasteiger partial charge >= 0.3 is 0 Å². The third-order valence-corrected chi connectivity index (χ3v) is 2.90. The van der Waals surface area contributed by atoms with Crippen LogP contribution in [0.1, 0.15) is 28.3 Å². The van der Waals surface area contributed by atoms with Gasteiger partial charge in [-0.3, -0.25) is 0 Å². The van der Waals surface area contributed by atoms with Crippen molar-refractivity contribution in [3.05, 3.63) is 28.3 Å². The van der Waals surface area contributed by atoms with Gasteiger partial charge in [0.25, 0.3) is 0 Å². The van der Waals surface area contributed by atoms with E-state index in [9.17, 15) is 0 Å². The van der Waals surface area contributed by atoms with Crippen LogP contribution in [0.3, 0.4) is 0 Å². The summed E-state index contributed by atoms with van der Waals surface area (Å²) >= 11 is 0. The van der Waals surface area contributed by atoms with Crippen molar-refractivity contribution in [2.24, 2.45) is 5.73 Å². The lowest BCUT2D eigenvalue weighted by atomic mass is 9.93. The second-order valence-corrected chi connectivity index (χ2v) is 3.85. The number of aryl methyl sites for hydroxylation is 1. The number of aliphatic hydroxyl groups excluding tert-OH is 1. The van der Waals surface area contributed by atoms with E-state index in [1.165, 1.54) is 0 Å². The van der Waals surface area contributed by atoms with Crippen molar-refractivity contribution in [1.82, 2.24) is 0 Å². The van der Waals surface area contributed by atoms with Gasteiger partial charge in [-0.2, -0.15) is 0 Å². The highest BCUT2D eigenvalue weighted by molar-refractivity contribution is 5.49. The first-order chi connectivity index (χ1) is 7.02. The molecule has 1 aromatic carbocycles. The van der Waals surface area contributed by atoms with Crippen LogP contribution in [0.15, 0.2) is 6.07 Å². The van der Waals surface area contributed by atoms with Crippen LogP contribution >= 0.6 is 0 Å². The summed E-state index contributed by atoms with van der Waals surface area (Å²) in [6.07, 6.45) is 0. The molecule has 0 radical (unpaired) electrons. The average Bonchev–Trinajstić information content (AvgIpc) is 2.23. The second kappa shape index (κ2) is 4.64. The van der Waals surface area contributed by atoms with Crippen molar-refractivity contribution >= 4 is 0 Å². The molecule has 3 nitrogen and oxygen atoms in total. The first kappa shape index (κ1) is 12.0. The zero-order valence-corrected chi connectivity index (χ0v) is 9.79. The van der Waals surface area contributed by atoms with Crippen LogP contribution in [0, 0.1) is 20.8 Å². The van der Waals surface area contributed by atoms with Gasteiger partial charge in [0.2, 0.25) is 0 Å². The van der Waals surface area contributed by atoms with Gasteiger partial charge in [-0.25, -0.2) is 0 Å². The number of hydrogen-bond donors (Lipinski definition) is 2. The van der Waals surface area contributed by atoms with E-state index in [2.05, 4.69) is 0 Å². The lowest BCUT2D eigenvalue weighted by molar-refractivity contribution is 0.267. The van der Waals surface area contributed by atoms with Crippen LogP contribution < -0.4 is 10.5 Å². The van der Waals surface area contributed by atoms with Crippen LogP contribution in [0.4, 0.5) is 0 Å². The van der Waals surface area contributed by atoms with Crippen molar-refractivity contribution in [2.45, 2.75) is 26.8 Å². The third-order valence-electron chi connectivity index (χ3n) is 2.90. The summed E-state index contributed by atoms with van der Waals surface area (Å²) in [7, 11) is 1.66. The molecule has 0 aliphatic heterocycles. The predicted molar refractivity (Wildman–Crippen MR) is 61.2 cm³/mol. The molecule has 1 atom stereocenters. The van der Waals surface area contributed by atoms with Gasteiger partial charge in [-0.15, -0.1) is 0 Å². The quantitative estimate of drug-likeness (QED) is 0.795. The van der Waals surface area contributed by atoms with Gasteiger partial charge < -0.3 is 15.6 Å². The zero-order valence-electron chi connectivity index (χ0n) is 9.79. The van der Waals surface area contributed by atoms with E-state index in [1.807, 2.05) is 26.8 Å². The zero-order chi connectivity index (χ0) is 11.6. The average molecular weight is 209 g/mol. The minimum atomic E-state index is -0.311. The highest BCUT2D eigenvalue weighted by atomic mass is 16.5. The van der Waals surface area contributed by atoms with E-state index < -0.39 is 0 Å². The Bertz CT molecular complexity index is 361. The maximum atomic E-state index is 9.10. The Morgan fingerprint density at radius 3 is 2.40 bits per heavy atom. The van der Waals surface area contributed by atoms with Crippen LogP contribution in [-0.2, 0) is 0 Å². The lowest BCUT2D eigenvalue weighted by Gasteiger charge is -2.19. The molecule has 0 unspecified atom stereocenters. The molecule has 3 heteroatoms. The SMILES string of the molecule is COc1cc(C)c([C@H](N)CO)c(C)c1C. The molecule has 0 aliphatic rings. The molecular formula is C12H19NO2. The molecule has 0 aliphatic carbocycles. The maximum absolute atomic E-state index is 9.10. The van der Waals surface area contributed by atoms with Gasteiger partial charge in [-0.1, -0.05) is 0 Å². The van der Waals surface area contributed by atoms with E-state index in [4.69, 9.17) is 15.6 Å². The minimum Gasteiger partial charge on any atom is -0.496 e. The largest absolute Gasteiger partial charge is 0.496 e.